The fourth-order valence-corrected chi connectivity index (χ4v) is 4.04. The fourth-order valence-electron chi connectivity index (χ4n) is 4.04. The van der Waals surface area contributed by atoms with Crippen LogP contribution in [0.3, 0.4) is 0 Å². The minimum atomic E-state index is -0.212. The lowest BCUT2D eigenvalue weighted by atomic mass is 10.0. The first-order valence-electron chi connectivity index (χ1n) is 9.60. The molecule has 0 bridgehead atoms. The van der Waals surface area contributed by atoms with E-state index >= 15 is 0 Å². The Balaban J connectivity index is 1.51. The van der Waals surface area contributed by atoms with E-state index in [0.29, 0.717) is 28.2 Å². The Kier molecular flexibility index (Phi) is 4.17. The van der Waals surface area contributed by atoms with Crippen LogP contribution in [0.5, 0.6) is 0 Å². The van der Waals surface area contributed by atoms with Crippen molar-refractivity contribution in [2.75, 3.05) is 36.5 Å². The van der Waals surface area contributed by atoms with Crippen LogP contribution in [-0.2, 0) is 9.53 Å². The molecule has 0 atom stereocenters. The molecule has 1 aliphatic heterocycles. The number of carbonyl (C=O) groups excluding carboxylic acids is 2. The molecule has 0 spiro atoms. The lowest BCUT2D eigenvalue weighted by Gasteiger charge is -2.28. The zero-order valence-electron chi connectivity index (χ0n) is 16.0. The van der Waals surface area contributed by atoms with E-state index < -0.39 is 0 Å². The second-order valence-corrected chi connectivity index (χ2v) is 7.21. The number of H-pyrrole nitrogens is 1. The second-order valence-electron chi connectivity index (χ2n) is 7.21. The average Bonchev–Trinajstić information content (AvgIpc) is 3.29. The lowest BCUT2D eigenvalue weighted by molar-refractivity contribution is -0.114. The van der Waals surface area contributed by atoms with E-state index in [1.54, 1.807) is 6.07 Å². The molecule has 0 radical (unpaired) electrons. The van der Waals surface area contributed by atoms with Gasteiger partial charge in [-0.2, -0.15) is 5.10 Å². The Morgan fingerprint density at radius 2 is 1.86 bits per heavy atom. The number of hydrogen-bond acceptors (Lipinski definition) is 5. The van der Waals surface area contributed by atoms with Gasteiger partial charge in [0.25, 0.3) is 0 Å². The van der Waals surface area contributed by atoms with Gasteiger partial charge in [-0.3, -0.25) is 14.7 Å². The van der Waals surface area contributed by atoms with Gasteiger partial charge in [-0.1, -0.05) is 24.3 Å². The van der Waals surface area contributed by atoms with Crippen LogP contribution in [0, 0.1) is 0 Å². The molecule has 2 N–H and O–H groups in total. The number of hydrogen-bond donors (Lipinski definition) is 2. The minimum Gasteiger partial charge on any atom is -0.378 e. The number of amides is 1. The summed E-state index contributed by atoms with van der Waals surface area (Å²) >= 11 is 0. The van der Waals surface area contributed by atoms with Crippen molar-refractivity contribution in [3.8, 4) is 22.5 Å². The third-order valence-corrected chi connectivity index (χ3v) is 5.38. The zero-order valence-corrected chi connectivity index (χ0v) is 16.0. The van der Waals surface area contributed by atoms with Gasteiger partial charge in [0.15, 0.2) is 5.78 Å². The SMILES string of the molecule is CC(=O)Nc1cccc2c1C(=O)c1c-2n[nH]c1-c1ccc(N2CCOCC2)cc1. The zero-order chi connectivity index (χ0) is 20.0. The summed E-state index contributed by atoms with van der Waals surface area (Å²) in [5.41, 5.74) is 5.68. The lowest BCUT2D eigenvalue weighted by Crippen LogP contribution is -2.36. The van der Waals surface area contributed by atoms with Crippen molar-refractivity contribution >= 4 is 23.1 Å². The maximum atomic E-state index is 13.2. The molecule has 1 amide bonds. The maximum absolute atomic E-state index is 13.2. The standard InChI is InChI=1S/C22H20N4O3/c1-13(27)23-17-4-2-3-16-18(17)22(28)19-20(24-25-21(16)19)14-5-7-15(8-6-14)26-9-11-29-12-10-26/h2-8H,9-12H2,1H3,(H,23,27)(H,24,25). The summed E-state index contributed by atoms with van der Waals surface area (Å²) in [5, 5.41) is 10.2. The normalized spacial score (nSPS) is 15.2. The van der Waals surface area contributed by atoms with Crippen molar-refractivity contribution in [3.05, 3.63) is 53.6 Å². The van der Waals surface area contributed by atoms with E-state index in [1.165, 1.54) is 6.92 Å². The number of morpholine rings is 1. The molecule has 7 nitrogen and oxygen atoms in total. The molecule has 7 heteroatoms. The molecule has 1 fully saturated rings. The third-order valence-electron chi connectivity index (χ3n) is 5.38. The first-order valence-corrected chi connectivity index (χ1v) is 9.60. The Bertz CT molecular complexity index is 1110. The Morgan fingerprint density at radius 3 is 2.59 bits per heavy atom. The van der Waals surface area contributed by atoms with Crippen LogP contribution in [0.2, 0.25) is 0 Å². The smallest absolute Gasteiger partial charge is 0.221 e. The summed E-state index contributed by atoms with van der Waals surface area (Å²) in [7, 11) is 0. The first kappa shape index (κ1) is 17.6. The second kappa shape index (κ2) is 6.86. The van der Waals surface area contributed by atoms with Crippen LogP contribution in [0.15, 0.2) is 42.5 Å². The van der Waals surface area contributed by atoms with E-state index in [1.807, 2.05) is 24.3 Å². The largest absolute Gasteiger partial charge is 0.378 e. The van der Waals surface area contributed by atoms with Gasteiger partial charge in [-0.05, 0) is 18.2 Å². The topological polar surface area (TPSA) is 87.3 Å². The highest BCUT2D eigenvalue weighted by atomic mass is 16.5. The Hall–Kier alpha value is -3.45. The number of aromatic amines is 1. The molecular weight excluding hydrogens is 368 g/mol. The molecule has 1 saturated heterocycles. The summed E-state index contributed by atoms with van der Waals surface area (Å²) in [4.78, 5) is 27.0. The number of benzene rings is 2. The van der Waals surface area contributed by atoms with Crippen LogP contribution in [0.4, 0.5) is 11.4 Å². The number of aromatic nitrogens is 2. The van der Waals surface area contributed by atoms with Crippen molar-refractivity contribution in [2.45, 2.75) is 6.92 Å². The predicted molar refractivity (Wildman–Crippen MR) is 110 cm³/mol. The summed E-state index contributed by atoms with van der Waals surface area (Å²) in [6, 6.07) is 13.5. The van der Waals surface area contributed by atoms with Crippen molar-refractivity contribution in [1.82, 2.24) is 10.2 Å². The van der Waals surface area contributed by atoms with Crippen molar-refractivity contribution < 1.29 is 14.3 Å². The molecule has 146 valence electrons. The van der Waals surface area contributed by atoms with Gasteiger partial charge in [0.05, 0.1) is 35.7 Å². The van der Waals surface area contributed by atoms with Crippen molar-refractivity contribution in [2.24, 2.45) is 0 Å². The van der Waals surface area contributed by atoms with Crippen LogP contribution in [-0.4, -0.2) is 48.2 Å². The number of ether oxygens (including phenoxy) is 1. The number of anilines is 2. The number of nitrogens with zero attached hydrogens (tertiary/aromatic N) is 2. The number of nitrogens with one attached hydrogen (secondary N) is 2. The average molecular weight is 388 g/mol. The van der Waals surface area contributed by atoms with E-state index in [0.717, 1.165) is 43.1 Å². The first-order chi connectivity index (χ1) is 14.1. The molecule has 0 unspecified atom stereocenters. The van der Waals surface area contributed by atoms with Crippen LogP contribution in [0.1, 0.15) is 22.8 Å². The molecule has 2 aliphatic rings. The van der Waals surface area contributed by atoms with Gasteiger partial charge < -0.3 is 15.0 Å². The highest BCUT2D eigenvalue weighted by Gasteiger charge is 2.35. The van der Waals surface area contributed by atoms with E-state index in [9.17, 15) is 9.59 Å². The molecule has 2 aromatic carbocycles. The van der Waals surface area contributed by atoms with Crippen molar-refractivity contribution in [3.63, 3.8) is 0 Å². The van der Waals surface area contributed by atoms with E-state index in [4.69, 9.17) is 4.74 Å². The predicted octanol–water partition coefficient (Wildman–Crippen LogP) is 3.08. The van der Waals surface area contributed by atoms with Gasteiger partial charge in [0.1, 0.15) is 5.69 Å². The molecule has 1 aromatic heterocycles. The molecule has 29 heavy (non-hydrogen) atoms. The van der Waals surface area contributed by atoms with Crippen molar-refractivity contribution in [1.29, 1.82) is 0 Å². The molecule has 2 heterocycles. The summed E-state index contributed by atoms with van der Waals surface area (Å²) in [5.74, 6) is -0.336. The summed E-state index contributed by atoms with van der Waals surface area (Å²) < 4.78 is 5.41. The van der Waals surface area contributed by atoms with E-state index in [-0.39, 0.29) is 11.7 Å². The Morgan fingerprint density at radius 1 is 1.10 bits per heavy atom. The highest BCUT2D eigenvalue weighted by Crippen LogP contribution is 2.43. The number of fused-ring (bicyclic) bond motifs is 3. The quantitative estimate of drug-likeness (QED) is 0.563. The highest BCUT2D eigenvalue weighted by molar-refractivity contribution is 6.26. The summed E-state index contributed by atoms with van der Waals surface area (Å²) in [6.45, 7) is 4.65. The molecule has 0 saturated carbocycles. The van der Waals surface area contributed by atoms with Gasteiger partial charge in [0, 0.05) is 36.8 Å². The maximum Gasteiger partial charge on any atom is 0.221 e. The minimum absolute atomic E-state index is 0.125. The number of rotatable bonds is 3. The van der Waals surface area contributed by atoms with Gasteiger partial charge in [-0.15, -0.1) is 0 Å². The van der Waals surface area contributed by atoms with Crippen LogP contribution >= 0.6 is 0 Å². The van der Waals surface area contributed by atoms with Gasteiger partial charge in [-0.25, -0.2) is 0 Å². The molecule has 3 aromatic rings. The summed E-state index contributed by atoms with van der Waals surface area (Å²) in [6.07, 6.45) is 0. The van der Waals surface area contributed by atoms with Crippen LogP contribution < -0.4 is 10.2 Å². The Labute approximate surface area is 167 Å². The molecule has 1 aliphatic carbocycles. The monoisotopic (exact) mass is 388 g/mol. The molecule has 5 rings (SSSR count). The fraction of sp³-hybridized carbons (Fsp3) is 0.227. The third kappa shape index (κ3) is 2.91. The number of ketones is 1. The van der Waals surface area contributed by atoms with E-state index in [2.05, 4.69) is 32.5 Å². The van der Waals surface area contributed by atoms with Crippen LogP contribution in [0.25, 0.3) is 22.5 Å². The van der Waals surface area contributed by atoms with Gasteiger partial charge >= 0.3 is 0 Å². The van der Waals surface area contributed by atoms with Gasteiger partial charge in [0.2, 0.25) is 5.91 Å². The molecular formula is C22H20N4O3. The number of carbonyl (C=O) groups is 2.